The van der Waals surface area contributed by atoms with Gasteiger partial charge in [0, 0.05) is 23.2 Å². The van der Waals surface area contributed by atoms with E-state index in [-0.39, 0.29) is 18.9 Å². The molecule has 2 heterocycles. The Morgan fingerprint density at radius 1 is 1.12 bits per heavy atom. The van der Waals surface area contributed by atoms with Gasteiger partial charge in [0.1, 0.15) is 24.4 Å². The summed E-state index contributed by atoms with van der Waals surface area (Å²) in [5, 5.41) is 41.9. The minimum Gasteiger partial charge on any atom is -0.547 e. The van der Waals surface area contributed by atoms with Gasteiger partial charge in [0.2, 0.25) is 6.23 Å². The fourth-order valence-corrected chi connectivity index (χ4v) is 3.89. The minimum atomic E-state index is -1.99. The molecule has 1 fully saturated rings. The Hall–Kier alpha value is -2.26. The maximum atomic E-state index is 13.2. The number of carbonyl (C=O) groups is 2. The van der Waals surface area contributed by atoms with E-state index in [0.717, 1.165) is 0 Å². The average Bonchev–Trinajstić information content (AvgIpc) is 2.90. The molecule has 0 bridgehead atoms. The monoisotopic (exact) mass is 482 g/mol. The van der Waals surface area contributed by atoms with Crippen molar-refractivity contribution in [1.29, 1.82) is 0 Å². The van der Waals surface area contributed by atoms with E-state index >= 15 is 0 Å². The molecule has 3 N–H and O–H groups in total. The van der Waals surface area contributed by atoms with Crippen LogP contribution in [0.25, 0.3) is 0 Å². The molecule has 34 heavy (non-hydrogen) atoms. The third-order valence-electron chi connectivity index (χ3n) is 5.48. The van der Waals surface area contributed by atoms with Crippen molar-refractivity contribution >= 4 is 34.9 Å². The van der Waals surface area contributed by atoms with Crippen LogP contribution in [0.4, 0.5) is 5.69 Å². The first-order valence-electron chi connectivity index (χ1n) is 9.95. The second-order valence-electron chi connectivity index (χ2n) is 7.61. The number of aliphatic imine (C=N–C) groups is 1. The number of likely N-dealkylation sites (N-methyl/N-ethyl adjacent to an activating group) is 1. The number of ether oxygens (including phenoxy) is 2. The molecule has 2 aliphatic heterocycles. The smallest absolute Gasteiger partial charge is 0.547 e. The number of hydrogen-bond acceptors (Lipinski definition) is 9. The van der Waals surface area contributed by atoms with Crippen molar-refractivity contribution < 1.29 is 58.3 Å². The molecule has 6 atom stereocenters. The van der Waals surface area contributed by atoms with E-state index in [2.05, 4.69) is 4.99 Å². The van der Waals surface area contributed by atoms with E-state index < -0.39 is 48.8 Å². The van der Waals surface area contributed by atoms with Crippen LogP contribution >= 0.6 is 11.6 Å². The first kappa shape index (κ1) is 26.3. The first-order valence-corrected chi connectivity index (χ1v) is 10.3. The van der Waals surface area contributed by atoms with Gasteiger partial charge in [0.05, 0.1) is 17.4 Å². The molecular weight excluding hydrogens is 463 g/mol. The summed E-state index contributed by atoms with van der Waals surface area (Å²) in [6.07, 6.45) is -11.1. The van der Waals surface area contributed by atoms with E-state index in [1.54, 1.807) is 42.5 Å². The van der Waals surface area contributed by atoms with E-state index in [4.69, 9.17) is 21.1 Å². The molecule has 0 radical (unpaired) electrons. The molecule has 2 aromatic carbocycles. The maximum Gasteiger partial charge on any atom is 1.00 e. The number of aliphatic carboxylic acids is 1. The average molecular weight is 483 g/mol. The number of carboxylic acids is 1. The van der Waals surface area contributed by atoms with E-state index in [0.29, 0.717) is 27.5 Å². The number of hydrogen-bond donors (Lipinski definition) is 3. The van der Waals surface area contributed by atoms with Crippen molar-refractivity contribution in [2.75, 3.05) is 11.9 Å². The van der Waals surface area contributed by atoms with Crippen molar-refractivity contribution in [2.45, 2.75) is 36.9 Å². The predicted octanol–water partition coefficient (Wildman–Crippen LogP) is -3.94. The largest absolute Gasteiger partial charge is 1.00 e. The minimum absolute atomic E-state index is 0. The van der Waals surface area contributed by atoms with Crippen LogP contribution in [-0.4, -0.2) is 76.9 Å². The Morgan fingerprint density at radius 2 is 1.79 bits per heavy atom. The van der Waals surface area contributed by atoms with Gasteiger partial charge in [0.25, 0.3) is 5.91 Å². The molecule has 2 aromatic rings. The Labute approximate surface area is 211 Å². The summed E-state index contributed by atoms with van der Waals surface area (Å²) in [5.41, 5.74) is 2.04. The van der Waals surface area contributed by atoms with Gasteiger partial charge < -0.3 is 39.6 Å². The van der Waals surface area contributed by atoms with Crippen LogP contribution in [0.5, 0.6) is 0 Å². The molecule has 1 saturated heterocycles. The molecule has 0 saturated carbocycles. The normalized spacial score (nSPS) is 28.9. The number of benzodiazepines with no additional fused rings is 1. The molecule has 10 nitrogen and oxygen atoms in total. The Kier molecular flexibility index (Phi) is 8.18. The van der Waals surface area contributed by atoms with Crippen molar-refractivity contribution in [2.24, 2.45) is 4.99 Å². The van der Waals surface area contributed by atoms with Crippen molar-refractivity contribution in [3.8, 4) is 0 Å². The summed E-state index contributed by atoms with van der Waals surface area (Å²) >= 11 is 6.20. The number of carboxylic acid groups (broad SMARTS) is 1. The van der Waals surface area contributed by atoms with Gasteiger partial charge >= 0.3 is 18.9 Å². The Morgan fingerprint density at radius 3 is 2.44 bits per heavy atom. The molecular formula is C22H20ClLiN2O8. The third kappa shape index (κ3) is 4.91. The van der Waals surface area contributed by atoms with E-state index in [1.807, 2.05) is 6.07 Å². The number of carbonyl (C=O) groups excluding carboxylic acids is 2. The fourth-order valence-electron chi connectivity index (χ4n) is 3.71. The zero-order valence-electron chi connectivity index (χ0n) is 18.2. The Balaban J connectivity index is 0.00000324. The number of rotatable bonds is 4. The topological polar surface area (TPSA) is 152 Å². The zero-order chi connectivity index (χ0) is 23.9. The van der Waals surface area contributed by atoms with Crippen LogP contribution in [-0.2, 0) is 19.1 Å². The molecule has 1 amide bonds. The summed E-state index contributed by atoms with van der Waals surface area (Å²) in [4.78, 5) is 30.2. The molecule has 12 heteroatoms. The molecule has 4 rings (SSSR count). The molecule has 0 aliphatic carbocycles. The third-order valence-corrected chi connectivity index (χ3v) is 5.71. The van der Waals surface area contributed by atoms with Gasteiger partial charge in [-0.3, -0.25) is 4.79 Å². The number of aliphatic hydroxyl groups excluding tert-OH is 3. The first-order chi connectivity index (χ1) is 15.7. The van der Waals surface area contributed by atoms with Crippen molar-refractivity contribution in [1.82, 2.24) is 0 Å². The van der Waals surface area contributed by atoms with Crippen molar-refractivity contribution in [3.63, 3.8) is 0 Å². The fraction of sp³-hybridized carbons (Fsp3) is 0.318. The van der Waals surface area contributed by atoms with E-state index in [1.165, 1.54) is 11.9 Å². The molecule has 1 unspecified atom stereocenters. The van der Waals surface area contributed by atoms with Gasteiger partial charge in [-0.15, -0.1) is 0 Å². The van der Waals surface area contributed by atoms with Crippen LogP contribution < -0.4 is 28.9 Å². The summed E-state index contributed by atoms with van der Waals surface area (Å²) in [6.45, 7) is 0. The van der Waals surface area contributed by atoms with Crippen LogP contribution in [0, 0.1) is 0 Å². The summed E-state index contributed by atoms with van der Waals surface area (Å²) in [6, 6.07) is 13.8. The molecule has 0 spiro atoms. The van der Waals surface area contributed by atoms with Gasteiger partial charge in [-0.25, -0.2) is 4.99 Å². The zero-order valence-corrected chi connectivity index (χ0v) is 19.0. The molecule has 0 aromatic heterocycles. The number of aliphatic hydroxyl groups is 3. The second-order valence-corrected chi connectivity index (χ2v) is 8.04. The number of nitrogens with zero attached hydrogens (tertiary/aromatic N) is 2. The molecule has 174 valence electrons. The predicted molar refractivity (Wildman–Crippen MR) is 114 cm³/mol. The second kappa shape index (κ2) is 10.6. The number of benzene rings is 2. The summed E-state index contributed by atoms with van der Waals surface area (Å²) in [5.74, 6) is -2.47. The quantitative estimate of drug-likeness (QED) is 0.374. The van der Waals surface area contributed by atoms with Gasteiger partial charge in [-0.05, 0) is 18.2 Å². The van der Waals surface area contributed by atoms with Gasteiger partial charge in [-0.1, -0.05) is 41.9 Å². The van der Waals surface area contributed by atoms with Gasteiger partial charge in [0.15, 0.2) is 6.29 Å². The van der Waals surface area contributed by atoms with Crippen LogP contribution in [0.1, 0.15) is 11.1 Å². The number of anilines is 1. The summed E-state index contributed by atoms with van der Waals surface area (Å²) < 4.78 is 10.7. The number of fused-ring (bicyclic) bond motifs is 1. The van der Waals surface area contributed by atoms with Gasteiger partial charge in [-0.2, -0.15) is 0 Å². The van der Waals surface area contributed by atoms with E-state index in [9.17, 15) is 30.0 Å². The van der Waals surface area contributed by atoms with Crippen molar-refractivity contribution in [3.05, 3.63) is 64.7 Å². The summed E-state index contributed by atoms with van der Waals surface area (Å²) in [7, 11) is 1.50. The Bertz CT molecular complexity index is 1100. The van der Waals surface area contributed by atoms with Crippen LogP contribution in [0.2, 0.25) is 5.02 Å². The number of amides is 1. The standard InChI is InChI=1S/C22H21ClN2O8.Li/c1-25-13-8-7-11(23)9-12(13)14(10-5-3-2-4-6-10)24-19(20(25)29)33-22-17(28)15(26)16(27)18(32-22)21(30)31;/h2-9,15-19,22,26-28H,1H3,(H,30,31);/q;+1/p-1/t15-,16-,17+,18-,19?,22-;/m0./s1. The molecule has 2 aliphatic rings. The van der Waals surface area contributed by atoms with Crippen LogP contribution in [0.15, 0.2) is 53.5 Å². The maximum absolute atomic E-state index is 13.2. The number of halogens is 1. The van der Waals surface area contributed by atoms with Crippen LogP contribution in [0.3, 0.4) is 0 Å². The SMILES string of the molecule is CN1C(=O)C(O[C@@H]2O[C@H](C(=O)[O-])[C@@H](O)[C@H](O)[C@H]2O)N=C(c2ccccc2)c2cc(Cl)ccc21.[Li+].